The fourth-order valence-electron chi connectivity index (χ4n) is 0. The Balaban J connectivity index is -0.0000000383. The molecule has 56 valence electrons. The van der Waals surface area contributed by atoms with Crippen LogP contribution in [0.15, 0.2) is 0 Å². The average Bonchev–Trinajstić information content (AvgIpc) is 1.19. The predicted molar refractivity (Wildman–Crippen MR) is 23.8 cm³/mol. The maximum Gasteiger partial charge on any atom is 1.00 e. The monoisotopic (exact) mass is 296 g/mol. The summed E-state index contributed by atoms with van der Waals surface area (Å²) < 4.78 is 34.1. The molecule has 0 amide bonds. The Labute approximate surface area is 135 Å². The minimum absolute atomic E-state index is 0. The van der Waals surface area contributed by atoms with Crippen molar-refractivity contribution in [1.29, 1.82) is 0 Å². The third-order valence-electron chi connectivity index (χ3n) is 0. The first-order chi connectivity index (χ1) is 3.73. The van der Waals surface area contributed by atoms with Crippen LogP contribution < -0.4 is 87.8 Å². The molecule has 0 spiro atoms. The van der Waals surface area contributed by atoms with E-state index in [2.05, 4.69) is 0 Å². The van der Waals surface area contributed by atoms with Crippen molar-refractivity contribution >= 4 is 16.4 Å². The van der Waals surface area contributed by atoms with E-state index in [1.807, 2.05) is 0 Å². The summed E-state index contributed by atoms with van der Waals surface area (Å²) in [6.07, 6.45) is 0. The molecule has 0 saturated carbocycles. The molecule has 0 aromatic carbocycles. The summed E-state index contributed by atoms with van der Waals surface area (Å²) in [5.74, 6) is -0.833. The van der Waals surface area contributed by atoms with Gasteiger partial charge in [-0.25, -0.2) is 0 Å². The van der Waals surface area contributed by atoms with Gasteiger partial charge in [0.25, 0.3) is 5.97 Å². The standard InChI is InChI=1S/C2H4O2.Cs.Li.H2O4S/c1-2(3)4;;;1-5(2,3)4/h1H3,(H,3,4);;;(H2,1,2,3,4)/q;2*+1;/p-2. The zero-order chi connectivity index (χ0) is 8.08. The van der Waals surface area contributed by atoms with Crippen LogP contribution >= 0.6 is 0 Å². The van der Waals surface area contributed by atoms with Gasteiger partial charge in [0.15, 0.2) is 0 Å². The van der Waals surface area contributed by atoms with Crippen LogP contribution in [-0.4, -0.2) is 28.6 Å². The second kappa shape index (κ2) is 12.0. The van der Waals surface area contributed by atoms with Crippen LogP contribution in [0.2, 0.25) is 0 Å². The van der Waals surface area contributed by atoms with Crippen LogP contribution in [0.3, 0.4) is 0 Å². The molecule has 6 nitrogen and oxygen atoms in total. The van der Waals surface area contributed by atoms with Gasteiger partial charge >= 0.3 is 87.8 Å². The third-order valence-corrected chi connectivity index (χ3v) is 0. The second-order valence-electron chi connectivity index (χ2n) is 0.927. The van der Waals surface area contributed by atoms with Crippen LogP contribution in [0.5, 0.6) is 0 Å². The summed E-state index contributed by atoms with van der Waals surface area (Å²) in [5, 5.41) is 7.42. The Bertz CT molecular complexity index is 163. The topological polar surface area (TPSA) is 118 Å². The molecule has 0 aliphatic carbocycles. The molecule has 0 aromatic heterocycles. The van der Waals surface area contributed by atoms with Gasteiger partial charge in [-0.2, -0.15) is 0 Å². The number of carboxylic acid groups (broad SMARTS) is 1. The van der Waals surface area contributed by atoms with Crippen molar-refractivity contribution in [3.8, 4) is 0 Å². The summed E-state index contributed by atoms with van der Waals surface area (Å²) in [7, 11) is -5.17. The van der Waals surface area contributed by atoms with Gasteiger partial charge in [0, 0.05) is 17.3 Å². The van der Waals surface area contributed by atoms with E-state index in [1.165, 1.54) is 0 Å². The van der Waals surface area contributed by atoms with E-state index in [9.17, 15) is 0 Å². The molecule has 0 rings (SSSR count). The van der Waals surface area contributed by atoms with E-state index >= 15 is 0 Å². The zero-order valence-corrected chi connectivity index (χ0v) is 13.5. The molecule has 0 saturated heterocycles. The number of carbonyl (C=O) groups is 1. The van der Waals surface area contributed by atoms with Gasteiger partial charge in [0.1, 0.15) is 0 Å². The Morgan fingerprint density at radius 2 is 1.36 bits per heavy atom. The van der Waals surface area contributed by atoms with E-state index < -0.39 is 16.4 Å². The van der Waals surface area contributed by atoms with Crippen molar-refractivity contribution in [1.82, 2.24) is 0 Å². The molecule has 1 N–H and O–H groups in total. The molecule has 0 aromatic rings. The number of rotatable bonds is 0. The average molecular weight is 296 g/mol. The maximum atomic E-state index is 9.00. The van der Waals surface area contributed by atoms with Crippen LogP contribution in [0.1, 0.15) is 6.92 Å². The molecule has 0 bridgehead atoms. The van der Waals surface area contributed by atoms with Crippen molar-refractivity contribution in [2.24, 2.45) is 0 Å². The van der Waals surface area contributed by atoms with Crippen molar-refractivity contribution < 1.29 is 115 Å². The summed E-state index contributed by atoms with van der Waals surface area (Å²) >= 11 is 0. The number of hydrogen-bond acceptors (Lipinski definition) is 5. The Hall–Kier alpha value is 1.99. The molecule has 0 aliphatic rings. The summed E-state index contributed by atoms with van der Waals surface area (Å²) in [6.45, 7) is 1.08. The third kappa shape index (κ3) is 302. The molecule has 0 fully saturated rings. The molecule has 9 heteroatoms. The first-order valence-corrected chi connectivity index (χ1v) is 2.93. The van der Waals surface area contributed by atoms with Gasteiger partial charge in [-0.15, -0.1) is 0 Å². The number of carboxylic acids is 1. The molecule has 0 unspecified atom stereocenters. The van der Waals surface area contributed by atoms with E-state index in [-0.39, 0.29) is 87.8 Å². The van der Waals surface area contributed by atoms with Crippen LogP contribution in [0.25, 0.3) is 0 Å². The van der Waals surface area contributed by atoms with Crippen LogP contribution in [-0.2, 0) is 15.2 Å². The molecular formula is C2H4CsLiO6S. The molecule has 0 atom stereocenters. The molecule has 0 heterocycles. The van der Waals surface area contributed by atoms with Gasteiger partial charge < -0.3 is 14.2 Å². The van der Waals surface area contributed by atoms with E-state index in [0.717, 1.165) is 6.92 Å². The second-order valence-corrected chi connectivity index (χ2v) is 1.74. The minimum Gasteiger partial charge on any atom is -0.759 e. The van der Waals surface area contributed by atoms with E-state index in [0.29, 0.717) is 0 Å². The minimum atomic E-state index is -5.17. The molecule has 11 heavy (non-hydrogen) atoms. The van der Waals surface area contributed by atoms with Gasteiger partial charge in [0.2, 0.25) is 0 Å². The SMILES string of the molecule is CC(=O)O.O=S(=O)([O-])[O-].[Cs+].[Li+]. The quantitative estimate of drug-likeness (QED) is 0.269. The van der Waals surface area contributed by atoms with E-state index in [1.54, 1.807) is 0 Å². The first-order valence-electron chi connectivity index (χ1n) is 1.59. The molecular weight excluding hydrogens is 292 g/mol. The van der Waals surface area contributed by atoms with Crippen LogP contribution in [0, 0.1) is 0 Å². The molecule has 0 radical (unpaired) electrons. The Morgan fingerprint density at radius 1 is 1.36 bits per heavy atom. The van der Waals surface area contributed by atoms with Crippen molar-refractivity contribution in [3.05, 3.63) is 0 Å². The first kappa shape index (κ1) is 23.1. The van der Waals surface area contributed by atoms with Crippen molar-refractivity contribution in [2.45, 2.75) is 6.92 Å². The van der Waals surface area contributed by atoms with Gasteiger partial charge in [0.05, 0.1) is 0 Å². The predicted octanol–water partition coefficient (Wildman–Crippen LogP) is -7.24. The van der Waals surface area contributed by atoms with Crippen molar-refractivity contribution in [3.63, 3.8) is 0 Å². The summed E-state index contributed by atoms with van der Waals surface area (Å²) in [6, 6.07) is 0. The number of hydrogen-bond donors (Lipinski definition) is 1. The summed E-state index contributed by atoms with van der Waals surface area (Å²) in [4.78, 5) is 9.00. The van der Waals surface area contributed by atoms with Gasteiger partial charge in [-0.3, -0.25) is 13.2 Å². The normalized spacial score (nSPS) is 7.55. The summed E-state index contributed by atoms with van der Waals surface area (Å²) in [5.41, 5.74) is 0. The fourth-order valence-corrected chi connectivity index (χ4v) is 0. The van der Waals surface area contributed by atoms with Crippen molar-refractivity contribution in [2.75, 3.05) is 0 Å². The van der Waals surface area contributed by atoms with Gasteiger partial charge in [-0.1, -0.05) is 0 Å². The van der Waals surface area contributed by atoms with E-state index in [4.69, 9.17) is 27.4 Å². The fraction of sp³-hybridized carbons (Fsp3) is 0.500. The van der Waals surface area contributed by atoms with Crippen LogP contribution in [0.4, 0.5) is 0 Å². The molecule has 0 aliphatic heterocycles. The van der Waals surface area contributed by atoms with Gasteiger partial charge in [-0.05, 0) is 0 Å². The Kier molecular flexibility index (Phi) is 25.2. The largest absolute Gasteiger partial charge is 1.00 e. The smallest absolute Gasteiger partial charge is 0.759 e. The number of aliphatic carboxylic acids is 1. The maximum absolute atomic E-state index is 9.00. The zero-order valence-electron chi connectivity index (χ0n) is 6.40. The Morgan fingerprint density at radius 3 is 1.36 bits per heavy atom.